The van der Waals surface area contributed by atoms with Crippen LogP contribution in [0.1, 0.15) is 65.3 Å². The molecule has 0 fully saturated rings. The van der Waals surface area contributed by atoms with Gasteiger partial charge in [0.15, 0.2) is 0 Å². The molecule has 0 aliphatic rings. The summed E-state index contributed by atoms with van der Waals surface area (Å²) < 4.78 is 15.3. The van der Waals surface area contributed by atoms with Gasteiger partial charge in [-0.25, -0.2) is 0 Å². The van der Waals surface area contributed by atoms with Gasteiger partial charge in [-0.05, 0) is 185 Å². The van der Waals surface area contributed by atoms with Crippen molar-refractivity contribution in [3.8, 4) is 17.2 Å². The summed E-state index contributed by atoms with van der Waals surface area (Å²) in [5, 5.41) is 2.49. The molecule has 0 heterocycles. The maximum Gasteiger partial charge on any atom is 0.122 e. The van der Waals surface area contributed by atoms with Crippen molar-refractivity contribution < 1.29 is 14.2 Å². The molecule has 0 aromatic heterocycles. The summed E-state index contributed by atoms with van der Waals surface area (Å²) in [6, 6.07) is 51.7. The fourth-order valence-corrected chi connectivity index (χ4v) is 7.87. The Morgan fingerprint density at radius 1 is 0.391 bits per heavy atom. The summed E-state index contributed by atoms with van der Waals surface area (Å²) in [7, 11) is 5.07. The van der Waals surface area contributed by atoms with E-state index in [-0.39, 0.29) is 0 Å². The molecule has 338 valence electrons. The minimum absolute atomic E-state index is 0.956. The van der Waals surface area contributed by atoms with Crippen LogP contribution in [-0.2, 0) is 0 Å². The summed E-state index contributed by atoms with van der Waals surface area (Å²) in [5.41, 5.74) is 13.1. The third-order valence-electron chi connectivity index (χ3n) is 10.4. The molecule has 5 heteroatoms. The molecule has 7 rings (SSSR count). The molecule has 0 aliphatic heterocycles. The van der Waals surface area contributed by atoms with Crippen molar-refractivity contribution >= 4 is 39.9 Å². The van der Waals surface area contributed by atoms with Crippen LogP contribution in [0.3, 0.4) is 0 Å². The molecule has 64 heavy (non-hydrogen) atoms. The van der Waals surface area contributed by atoms with Gasteiger partial charge in [0, 0.05) is 9.79 Å². The molecular weight excluding hydrogens is 821 g/mol. The Balaban J connectivity index is 0.000000268. The van der Waals surface area contributed by atoms with E-state index in [9.17, 15) is 0 Å². The molecule has 0 saturated carbocycles. The van der Waals surface area contributed by atoms with Crippen molar-refractivity contribution in [3.05, 3.63) is 214 Å². The number of fused-ring (bicyclic) bond motifs is 1. The number of rotatable bonds is 7. The smallest absolute Gasteiger partial charge is 0.122 e. The molecule has 0 spiro atoms. The SMILES string of the molecule is C/C=C(C)\C(=C/C)c1c(C)cccc1C.COc1cc2ccccc2cc1C.COc1ccccc1C.COc1ccccc1C.CSc1ccccc1C.CSc1ccccc1C. The Hall–Kier alpha value is -5.62. The Morgan fingerprint density at radius 3 is 1.08 bits per heavy atom. The van der Waals surface area contributed by atoms with Crippen molar-refractivity contribution in [2.24, 2.45) is 0 Å². The predicted molar refractivity (Wildman–Crippen MR) is 286 cm³/mol. The second-order valence-corrected chi connectivity index (χ2v) is 16.7. The van der Waals surface area contributed by atoms with Crippen molar-refractivity contribution in [2.75, 3.05) is 33.8 Å². The molecule has 0 amide bonds. The lowest BCUT2D eigenvalue weighted by Crippen LogP contribution is -1.94. The number of benzene rings is 7. The topological polar surface area (TPSA) is 27.7 Å². The first-order chi connectivity index (χ1) is 30.8. The van der Waals surface area contributed by atoms with E-state index >= 15 is 0 Å². The van der Waals surface area contributed by atoms with E-state index < -0.39 is 0 Å². The van der Waals surface area contributed by atoms with Crippen molar-refractivity contribution in [2.45, 2.75) is 79.0 Å². The van der Waals surface area contributed by atoms with Crippen LogP contribution >= 0.6 is 23.5 Å². The van der Waals surface area contributed by atoms with E-state index in [0.29, 0.717) is 0 Å². The minimum atomic E-state index is 0.956. The fraction of sp³-hybridized carbons (Fsp3) is 0.254. The van der Waals surface area contributed by atoms with Crippen molar-refractivity contribution in [3.63, 3.8) is 0 Å². The average molecular weight is 893 g/mol. The molecule has 0 saturated heterocycles. The van der Waals surface area contributed by atoms with Gasteiger partial charge >= 0.3 is 0 Å². The van der Waals surface area contributed by atoms with Gasteiger partial charge in [-0.3, -0.25) is 0 Å². The summed E-state index contributed by atoms with van der Waals surface area (Å²) in [6.07, 6.45) is 8.57. The van der Waals surface area contributed by atoms with Crippen LogP contribution in [0.2, 0.25) is 0 Å². The molecule has 0 N–H and O–H groups in total. The van der Waals surface area contributed by atoms with Gasteiger partial charge < -0.3 is 14.2 Å². The maximum atomic E-state index is 5.25. The normalized spacial score (nSPS) is 10.4. The van der Waals surface area contributed by atoms with Crippen LogP contribution < -0.4 is 14.2 Å². The van der Waals surface area contributed by atoms with E-state index in [1.807, 2.05) is 74.5 Å². The molecular formula is C59H72O3S2. The minimum Gasteiger partial charge on any atom is -0.496 e. The maximum absolute atomic E-state index is 5.25. The zero-order chi connectivity index (χ0) is 47.4. The summed E-state index contributed by atoms with van der Waals surface area (Å²) >= 11 is 3.59. The number of hydrogen-bond donors (Lipinski definition) is 0. The second kappa shape index (κ2) is 30.5. The largest absolute Gasteiger partial charge is 0.496 e. The average Bonchev–Trinajstić information content (AvgIpc) is 3.31. The van der Waals surface area contributed by atoms with E-state index in [0.717, 1.165) is 17.2 Å². The van der Waals surface area contributed by atoms with Gasteiger partial charge in [-0.15, -0.1) is 23.5 Å². The highest BCUT2D eigenvalue weighted by molar-refractivity contribution is 7.98. The van der Waals surface area contributed by atoms with E-state index in [1.165, 1.54) is 76.2 Å². The molecule has 3 nitrogen and oxygen atoms in total. The van der Waals surface area contributed by atoms with Crippen LogP contribution in [0.4, 0.5) is 0 Å². The lowest BCUT2D eigenvalue weighted by atomic mass is 9.91. The highest BCUT2D eigenvalue weighted by atomic mass is 32.2. The number of aryl methyl sites for hydroxylation is 7. The van der Waals surface area contributed by atoms with E-state index in [2.05, 4.69) is 171 Å². The number of para-hydroxylation sites is 2. The molecule has 7 aromatic carbocycles. The number of methoxy groups -OCH3 is 3. The summed E-state index contributed by atoms with van der Waals surface area (Å²) in [5.74, 6) is 2.87. The molecule has 0 radical (unpaired) electrons. The van der Waals surface area contributed by atoms with Gasteiger partial charge in [-0.2, -0.15) is 0 Å². The summed E-state index contributed by atoms with van der Waals surface area (Å²) in [4.78, 5) is 2.75. The summed E-state index contributed by atoms with van der Waals surface area (Å²) in [6.45, 7) is 21.1. The highest BCUT2D eigenvalue weighted by Crippen LogP contribution is 2.29. The van der Waals surface area contributed by atoms with Gasteiger partial charge in [0.05, 0.1) is 21.3 Å². The van der Waals surface area contributed by atoms with Crippen LogP contribution in [0, 0.1) is 48.5 Å². The van der Waals surface area contributed by atoms with Gasteiger partial charge in [0.25, 0.3) is 0 Å². The molecule has 0 bridgehead atoms. The number of ether oxygens (including phenoxy) is 3. The standard InChI is InChI=1S/C15H20.C12H12O.2C8H10O.2C8H10S/c1-6-11(3)14(7-2)15-12(4)9-8-10-13(15)5;1-9-7-10-5-3-4-6-11(10)8-12(9)13-2;4*1-7-5-3-4-6-8(7)9-2/h6-10H,1-5H3;3-8H,1-2H3;4*3-6H,1-2H3/b11-6-,14-7+;;;;;. The quantitative estimate of drug-likeness (QED) is 0.117. The van der Waals surface area contributed by atoms with Crippen molar-refractivity contribution in [1.29, 1.82) is 0 Å². The van der Waals surface area contributed by atoms with Gasteiger partial charge in [0.2, 0.25) is 0 Å². The first-order valence-electron chi connectivity index (χ1n) is 21.6. The first-order valence-corrected chi connectivity index (χ1v) is 24.0. The lowest BCUT2D eigenvalue weighted by molar-refractivity contribution is 0.411. The number of allylic oxidation sites excluding steroid dienone is 4. The molecule has 0 atom stereocenters. The first kappa shape index (κ1) is 54.5. The molecule has 7 aromatic rings. The monoisotopic (exact) mass is 892 g/mol. The Kier molecular flexibility index (Phi) is 25.9. The van der Waals surface area contributed by atoms with Crippen LogP contribution in [0.15, 0.2) is 179 Å². The third kappa shape index (κ3) is 18.2. The second-order valence-electron chi connectivity index (χ2n) is 15.0. The van der Waals surface area contributed by atoms with Gasteiger partial charge in [-0.1, -0.05) is 127 Å². The van der Waals surface area contributed by atoms with Crippen molar-refractivity contribution in [1.82, 2.24) is 0 Å². The van der Waals surface area contributed by atoms with Crippen LogP contribution in [0.25, 0.3) is 16.3 Å². The Labute approximate surface area is 396 Å². The molecule has 0 unspecified atom stereocenters. The Morgan fingerprint density at radius 2 is 0.750 bits per heavy atom. The predicted octanol–water partition coefficient (Wildman–Crippen LogP) is 17.3. The van der Waals surface area contributed by atoms with Gasteiger partial charge in [0.1, 0.15) is 17.2 Å². The van der Waals surface area contributed by atoms with Crippen LogP contribution in [0.5, 0.6) is 17.2 Å². The lowest BCUT2D eigenvalue weighted by Gasteiger charge is -2.14. The van der Waals surface area contributed by atoms with E-state index in [1.54, 1.807) is 44.9 Å². The highest BCUT2D eigenvalue weighted by Gasteiger charge is 2.08. The zero-order valence-electron chi connectivity index (χ0n) is 41.1. The van der Waals surface area contributed by atoms with E-state index in [4.69, 9.17) is 14.2 Å². The zero-order valence-corrected chi connectivity index (χ0v) is 42.8. The number of thioether (sulfide) groups is 2. The molecule has 0 aliphatic carbocycles. The number of hydrogen-bond acceptors (Lipinski definition) is 5. The fourth-order valence-electron chi connectivity index (χ4n) is 6.66. The Bertz CT molecular complexity index is 2300. The van der Waals surface area contributed by atoms with Crippen LogP contribution in [-0.4, -0.2) is 33.8 Å². The third-order valence-corrected chi connectivity index (χ3v) is 12.2.